The molecule has 0 radical (unpaired) electrons. The van der Waals surface area contributed by atoms with Crippen molar-refractivity contribution in [1.29, 1.82) is 0 Å². The average Bonchev–Trinajstić information content (AvgIpc) is 3.64. The quantitative estimate of drug-likeness (QED) is 0.302. The van der Waals surface area contributed by atoms with Crippen molar-refractivity contribution in [3.05, 3.63) is 115 Å². The molecule has 1 aromatic heterocycles. The second kappa shape index (κ2) is 7.85. The van der Waals surface area contributed by atoms with Gasteiger partial charge in [-0.25, -0.2) is 9.97 Å². The summed E-state index contributed by atoms with van der Waals surface area (Å²) in [7, 11) is 2.24. The zero-order valence-corrected chi connectivity index (χ0v) is 22.6. The molecule has 0 aliphatic carbocycles. The Balaban J connectivity index is 1.55. The molecule has 0 saturated heterocycles. The van der Waals surface area contributed by atoms with Crippen molar-refractivity contribution in [2.75, 3.05) is 21.7 Å². The molecule has 0 amide bonds. The maximum atomic E-state index is 4.98. The SMILES string of the molecule is CCC1(CC)C2N(C)C=CN2c2ccccc2C12c1ccccc1N1c3nccnc3N(c3ccccc3)C12. The first-order chi connectivity index (χ1) is 19.2. The summed E-state index contributed by atoms with van der Waals surface area (Å²) in [6.07, 6.45) is 10.3. The van der Waals surface area contributed by atoms with E-state index in [4.69, 9.17) is 9.97 Å². The van der Waals surface area contributed by atoms with E-state index in [2.05, 4.69) is 132 Å². The third-order valence-electron chi connectivity index (χ3n) is 9.88. The van der Waals surface area contributed by atoms with Gasteiger partial charge in [-0.2, -0.15) is 0 Å². The highest BCUT2D eigenvalue weighted by Gasteiger charge is 2.72. The molecule has 0 saturated carbocycles. The fourth-order valence-corrected chi connectivity index (χ4v) is 8.54. The summed E-state index contributed by atoms with van der Waals surface area (Å²) in [4.78, 5) is 19.9. The molecule has 0 N–H and O–H groups in total. The topological polar surface area (TPSA) is 38.7 Å². The minimum atomic E-state index is -0.372. The Kier molecular flexibility index (Phi) is 4.56. The first-order valence-corrected chi connectivity index (χ1v) is 14.0. The van der Waals surface area contributed by atoms with Gasteiger partial charge in [0.25, 0.3) is 0 Å². The Labute approximate surface area is 229 Å². The fourth-order valence-electron chi connectivity index (χ4n) is 8.54. The Morgan fingerprint density at radius 1 is 0.667 bits per heavy atom. The maximum absolute atomic E-state index is 4.98. The molecule has 6 heteroatoms. The van der Waals surface area contributed by atoms with Crippen molar-refractivity contribution < 1.29 is 0 Å². The van der Waals surface area contributed by atoms with Gasteiger partial charge in [-0.05, 0) is 48.2 Å². The number of rotatable bonds is 3. The van der Waals surface area contributed by atoms with Crippen molar-refractivity contribution in [3.63, 3.8) is 0 Å². The second-order valence-electron chi connectivity index (χ2n) is 11.1. The van der Waals surface area contributed by atoms with Gasteiger partial charge in [0, 0.05) is 54.3 Å². The third kappa shape index (κ3) is 2.48. The van der Waals surface area contributed by atoms with Gasteiger partial charge in [0.1, 0.15) is 12.3 Å². The molecule has 0 fully saturated rings. The van der Waals surface area contributed by atoms with E-state index in [0.29, 0.717) is 0 Å². The molecule has 4 aromatic rings. The number of benzene rings is 3. The number of fused-ring (bicyclic) bond motifs is 11. The smallest absolute Gasteiger partial charge is 0.178 e. The monoisotopic (exact) mass is 512 g/mol. The van der Waals surface area contributed by atoms with E-state index >= 15 is 0 Å². The van der Waals surface area contributed by atoms with E-state index in [-0.39, 0.29) is 23.2 Å². The Morgan fingerprint density at radius 3 is 1.95 bits per heavy atom. The predicted molar refractivity (Wildman–Crippen MR) is 156 cm³/mol. The Morgan fingerprint density at radius 2 is 1.26 bits per heavy atom. The van der Waals surface area contributed by atoms with Gasteiger partial charge in [-0.1, -0.05) is 68.4 Å². The first-order valence-electron chi connectivity index (χ1n) is 14.0. The summed E-state index contributed by atoms with van der Waals surface area (Å²) in [5.41, 5.74) is 5.89. The molecule has 4 aliphatic heterocycles. The van der Waals surface area contributed by atoms with E-state index in [0.717, 1.165) is 30.2 Å². The first kappa shape index (κ1) is 22.6. The lowest BCUT2D eigenvalue weighted by molar-refractivity contribution is 0.0247. The molecule has 5 heterocycles. The summed E-state index contributed by atoms with van der Waals surface area (Å²) < 4.78 is 0. The van der Waals surface area contributed by atoms with Crippen LogP contribution in [0.15, 0.2) is 104 Å². The molecule has 194 valence electrons. The van der Waals surface area contributed by atoms with Crippen LogP contribution in [-0.4, -0.2) is 34.2 Å². The average molecular weight is 513 g/mol. The molecule has 6 nitrogen and oxygen atoms in total. The largest absolute Gasteiger partial charge is 0.358 e. The molecule has 1 spiro atoms. The number of aromatic nitrogens is 2. The lowest BCUT2D eigenvalue weighted by atomic mass is 9.50. The maximum Gasteiger partial charge on any atom is 0.178 e. The van der Waals surface area contributed by atoms with Crippen LogP contribution in [0.4, 0.5) is 28.7 Å². The summed E-state index contributed by atoms with van der Waals surface area (Å²) >= 11 is 0. The van der Waals surface area contributed by atoms with Gasteiger partial charge in [0.05, 0.1) is 5.41 Å². The van der Waals surface area contributed by atoms with Crippen LogP contribution in [0.25, 0.3) is 0 Å². The van der Waals surface area contributed by atoms with Gasteiger partial charge in [-0.3, -0.25) is 0 Å². The summed E-state index contributed by atoms with van der Waals surface area (Å²) in [5, 5.41) is 0. The van der Waals surface area contributed by atoms with Crippen molar-refractivity contribution in [3.8, 4) is 0 Å². The summed E-state index contributed by atoms with van der Waals surface area (Å²) in [6, 6.07) is 28.9. The molecule has 3 aromatic carbocycles. The normalized spacial score (nSPS) is 25.0. The highest BCUT2D eigenvalue weighted by molar-refractivity contribution is 5.91. The van der Waals surface area contributed by atoms with Crippen LogP contribution < -0.4 is 14.7 Å². The van der Waals surface area contributed by atoms with Crippen LogP contribution in [0.3, 0.4) is 0 Å². The number of anilines is 5. The standard InChI is InChI=1S/C33H32N6/c1-4-32(5-2)30-36(3)21-22-37(30)26-17-11-9-15-24(26)33(32)25-16-10-12-18-27(25)39-29-28(34-19-20-35-29)38(31(33)39)23-13-7-6-8-14-23/h6-22,30-31H,4-5H2,1-3H3. The third-order valence-corrected chi connectivity index (χ3v) is 9.88. The molecular weight excluding hydrogens is 480 g/mol. The predicted octanol–water partition coefficient (Wildman–Crippen LogP) is 6.76. The lowest BCUT2D eigenvalue weighted by Gasteiger charge is -2.62. The molecule has 3 atom stereocenters. The second-order valence-corrected chi connectivity index (χ2v) is 11.1. The molecule has 8 rings (SSSR count). The fraction of sp³-hybridized carbons (Fsp3) is 0.273. The summed E-state index contributed by atoms with van der Waals surface area (Å²) in [6.45, 7) is 4.78. The van der Waals surface area contributed by atoms with Crippen LogP contribution in [0.1, 0.15) is 37.8 Å². The van der Waals surface area contributed by atoms with Crippen LogP contribution >= 0.6 is 0 Å². The molecule has 3 unspecified atom stereocenters. The Hall–Kier alpha value is -4.32. The summed E-state index contributed by atoms with van der Waals surface area (Å²) in [5.74, 6) is 1.84. The number of nitrogens with zero attached hydrogens (tertiary/aromatic N) is 6. The van der Waals surface area contributed by atoms with Crippen LogP contribution in [-0.2, 0) is 5.41 Å². The van der Waals surface area contributed by atoms with Gasteiger partial charge in [0.15, 0.2) is 11.6 Å². The minimum Gasteiger partial charge on any atom is -0.358 e. The van der Waals surface area contributed by atoms with E-state index in [1.165, 1.54) is 22.5 Å². The van der Waals surface area contributed by atoms with Crippen molar-refractivity contribution in [1.82, 2.24) is 14.9 Å². The van der Waals surface area contributed by atoms with Gasteiger partial charge >= 0.3 is 0 Å². The van der Waals surface area contributed by atoms with Crippen molar-refractivity contribution in [2.45, 2.75) is 44.4 Å². The lowest BCUT2D eigenvalue weighted by Crippen LogP contribution is -2.69. The number of hydrogen-bond donors (Lipinski definition) is 0. The number of hydrogen-bond acceptors (Lipinski definition) is 6. The highest BCUT2D eigenvalue weighted by atomic mass is 15.5. The van der Waals surface area contributed by atoms with Crippen LogP contribution in [0.5, 0.6) is 0 Å². The van der Waals surface area contributed by atoms with Crippen LogP contribution in [0.2, 0.25) is 0 Å². The van der Waals surface area contributed by atoms with E-state index in [1.807, 2.05) is 12.4 Å². The zero-order chi connectivity index (χ0) is 26.4. The molecule has 39 heavy (non-hydrogen) atoms. The van der Waals surface area contributed by atoms with Gasteiger partial charge in [-0.15, -0.1) is 0 Å². The molecular formula is C33H32N6. The van der Waals surface area contributed by atoms with Crippen molar-refractivity contribution >= 4 is 28.7 Å². The molecule has 0 bridgehead atoms. The Bertz CT molecular complexity index is 1600. The van der Waals surface area contributed by atoms with E-state index in [1.54, 1.807) is 0 Å². The zero-order valence-electron chi connectivity index (χ0n) is 22.6. The van der Waals surface area contributed by atoms with Gasteiger partial charge in [0.2, 0.25) is 0 Å². The van der Waals surface area contributed by atoms with Crippen LogP contribution in [0, 0.1) is 5.41 Å². The minimum absolute atomic E-state index is 0.0631. The van der Waals surface area contributed by atoms with Crippen molar-refractivity contribution in [2.24, 2.45) is 5.41 Å². The van der Waals surface area contributed by atoms with Gasteiger partial charge < -0.3 is 19.6 Å². The molecule has 4 aliphatic rings. The number of para-hydroxylation sites is 3. The van der Waals surface area contributed by atoms with E-state index < -0.39 is 0 Å². The van der Waals surface area contributed by atoms with E-state index in [9.17, 15) is 0 Å². The highest BCUT2D eigenvalue weighted by Crippen LogP contribution is 2.71.